The van der Waals surface area contributed by atoms with Crippen molar-refractivity contribution in [1.82, 2.24) is 14.5 Å². The van der Waals surface area contributed by atoms with Gasteiger partial charge < -0.3 is 5.32 Å². The maximum Gasteiger partial charge on any atom is 0.255 e. The molecule has 10 heteroatoms. The van der Waals surface area contributed by atoms with E-state index in [1.807, 2.05) is 6.07 Å². The van der Waals surface area contributed by atoms with Crippen molar-refractivity contribution < 1.29 is 17.2 Å². The van der Waals surface area contributed by atoms with Gasteiger partial charge in [-0.1, -0.05) is 18.2 Å². The molecule has 3 heterocycles. The molecular formula is C26H30F2N4O3S. The van der Waals surface area contributed by atoms with Crippen LogP contribution in [-0.2, 0) is 16.9 Å². The lowest BCUT2D eigenvalue weighted by atomic mass is 9.70. The first-order chi connectivity index (χ1) is 17.0. The van der Waals surface area contributed by atoms with Gasteiger partial charge in [0.25, 0.3) is 5.56 Å². The van der Waals surface area contributed by atoms with Crippen molar-refractivity contribution in [3.8, 4) is 0 Å². The van der Waals surface area contributed by atoms with Gasteiger partial charge in [0, 0.05) is 23.7 Å². The maximum atomic E-state index is 15.0. The van der Waals surface area contributed by atoms with Crippen molar-refractivity contribution in [2.75, 3.05) is 16.8 Å². The Labute approximate surface area is 208 Å². The Kier molecular flexibility index (Phi) is 6.13. The quantitative estimate of drug-likeness (QED) is 0.526. The molecule has 1 aliphatic carbocycles. The SMILES string of the molecule is CC(F)c1cccc([C@@H](C)Nc2ncnc3c2cc(C2CCC4(CC2)CS(=O)(=O)C4)c(=O)n3C)c1F. The Morgan fingerprint density at radius 1 is 1.14 bits per heavy atom. The lowest BCUT2D eigenvalue weighted by molar-refractivity contribution is 0.208. The van der Waals surface area contributed by atoms with E-state index < -0.39 is 27.9 Å². The van der Waals surface area contributed by atoms with Crippen molar-refractivity contribution in [3.05, 3.63) is 63.5 Å². The van der Waals surface area contributed by atoms with Crippen molar-refractivity contribution in [1.29, 1.82) is 0 Å². The molecule has 1 unspecified atom stereocenters. The highest BCUT2D eigenvalue weighted by Gasteiger charge is 2.50. The number of halogens is 2. The van der Waals surface area contributed by atoms with Crippen LogP contribution in [0.5, 0.6) is 0 Å². The van der Waals surface area contributed by atoms with Gasteiger partial charge in [-0.25, -0.2) is 27.2 Å². The van der Waals surface area contributed by atoms with Gasteiger partial charge in [0.05, 0.1) is 22.9 Å². The highest BCUT2D eigenvalue weighted by molar-refractivity contribution is 7.92. The highest BCUT2D eigenvalue weighted by atomic mass is 32.2. The number of rotatable bonds is 5. The third-order valence-corrected chi connectivity index (χ3v) is 9.98. The molecule has 1 saturated heterocycles. The fourth-order valence-electron chi connectivity index (χ4n) is 5.91. The molecule has 1 N–H and O–H groups in total. The largest absolute Gasteiger partial charge is 0.363 e. The van der Waals surface area contributed by atoms with Crippen molar-refractivity contribution in [3.63, 3.8) is 0 Å². The number of aryl methyl sites for hydroxylation is 1. The van der Waals surface area contributed by atoms with E-state index in [1.165, 1.54) is 23.9 Å². The molecule has 2 atom stereocenters. The summed E-state index contributed by atoms with van der Waals surface area (Å²) >= 11 is 0. The van der Waals surface area contributed by atoms with Crippen molar-refractivity contribution in [2.45, 2.75) is 57.7 Å². The normalized spacial score (nSPS) is 20.7. The van der Waals surface area contributed by atoms with E-state index in [2.05, 4.69) is 15.3 Å². The molecule has 36 heavy (non-hydrogen) atoms. The Morgan fingerprint density at radius 2 is 1.81 bits per heavy atom. The molecule has 1 saturated carbocycles. The van der Waals surface area contributed by atoms with E-state index >= 15 is 0 Å². The Morgan fingerprint density at radius 3 is 2.44 bits per heavy atom. The predicted octanol–water partition coefficient (Wildman–Crippen LogP) is 4.74. The molecular weight excluding hydrogens is 486 g/mol. The van der Waals surface area contributed by atoms with Gasteiger partial charge in [0.1, 0.15) is 29.8 Å². The summed E-state index contributed by atoms with van der Waals surface area (Å²) in [5, 5.41) is 3.87. The number of pyridine rings is 1. The topological polar surface area (TPSA) is 94.0 Å². The summed E-state index contributed by atoms with van der Waals surface area (Å²) in [4.78, 5) is 21.9. The van der Waals surface area contributed by atoms with Crippen LogP contribution in [0.15, 0.2) is 35.4 Å². The minimum absolute atomic E-state index is 0.00714. The van der Waals surface area contributed by atoms with Crippen molar-refractivity contribution >= 4 is 26.7 Å². The van der Waals surface area contributed by atoms with E-state index in [0.29, 0.717) is 28.0 Å². The number of aromatic nitrogens is 3. The molecule has 2 aliphatic rings. The number of hydrogen-bond donors (Lipinski definition) is 1. The van der Waals surface area contributed by atoms with Crippen molar-refractivity contribution in [2.24, 2.45) is 12.5 Å². The minimum atomic E-state index is -2.90. The van der Waals surface area contributed by atoms with Crippen LogP contribution in [0, 0.1) is 11.2 Å². The van der Waals surface area contributed by atoms with Gasteiger partial charge in [-0.05, 0) is 56.9 Å². The molecule has 3 aromatic rings. The molecule has 0 radical (unpaired) electrons. The van der Waals surface area contributed by atoms with Crippen LogP contribution >= 0.6 is 0 Å². The number of anilines is 1. The maximum absolute atomic E-state index is 15.0. The van der Waals surface area contributed by atoms with Gasteiger partial charge in [-0.3, -0.25) is 9.36 Å². The second-order valence-corrected chi connectivity index (χ2v) is 12.5. The first-order valence-electron chi connectivity index (χ1n) is 12.2. The Bertz CT molecular complexity index is 1480. The van der Waals surface area contributed by atoms with Gasteiger partial charge in [-0.2, -0.15) is 0 Å². The van der Waals surface area contributed by atoms with Crippen LogP contribution in [0.1, 0.15) is 74.4 Å². The summed E-state index contributed by atoms with van der Waals surface area (Å²) in [6.07, 6.45) is 3.01. The fraction of sp³-hybridized carbons (Fsp3) is 0.500. The first-order valence-corrected chi connectivity index (χ1v) is 14.1. The van der Waals surface area contributed by atoms with E-state index in [1.54, 1.807) is 26.1 Å². The summed E-state index contributed by atoms with van der Waals surface area (Å²) in [5.41, 5.74) is 1.19. The highest BCUT2D eigenvalue weighted by Crippen LogP contribution is 2.49. The summed E-state index contributed by atoms with van der Waals surface area (Å²) in [6, 6.07) is 5.99. The van der Waals surface area contributed by atoms with E-state index in [-0.39, 0.29) is 34.0 Å². The van der Waals surface area contributed by atoms with Crippen LogP contribution in [0.4, 0.5) is 14.6 Å². The molecule has 1 aromatic carbocycles. The summed E-state index contributed by atoms with van der Waals surface area (Å²) < 4.78 is 53.8. The summed E-state index contributed by atoms with van der Waals surface area (Å²) in [7, 11) is -1.23. The predicted molar refractivity (Wildman–Crippen MR) is 135 cm³/mol. The lowest BCUT2D eigenvalue weighted by Crippen LogP contribution is -2.50. The average molecular weight is 517 g/mol. The molecule has 0 amide bonds. The smallest absolute Gasteiger partial charge is 0.255 e. The number of benzene rings is 1. The molecule has 5 rings (SSSR count). The van der Waals surface area contributed by atoms with E-state index in [9.17, 15) is 22.0 Å². The van der Waals surface area contributed by atoms with Crippen LogP contribution < -0.4 is 10.9 Å². The van der Waals surface area contributed by atoms with Crippen LogP contribution in [0.3, 0.4) is 0 Å². The second-order valence-electron chi connectivity index (χ2n) is 10.5. The monoisotopic (exact) mass is 516 g/mol. The van der Waals surface area contributed by atoms with Gasteiger partial charge in [0.15, 0.2) is 9.84 Å². The third kappa shape index (κ3) is 4.29. The minimum Gasteiger partial charge on any atom is -0.363 e. The fourth-order valence-corrected chi connectivity index (χ4v) is 8.27. The molecule has 1 spiro atoms. The number of fused-ring (bicyclic) bond motifs is 1. The number of nitrogens with zero attached hydrogens (tertiary/aromatic N) is 3. The van der Waals surface area contributed by atoms with Gasteiger partial charge >= 0.3 is 0 Å². The Balaban J connectivity index is 1.46. The number of hydrogen-bond acceptors (Lipinski definition) is 6. The average Bonchev–Trinajstić information content (AvgIpc) is 2.81. The zero-order valence-corrected chi connectivity index (χ0v) is 21.4. The zero-order valence-electron chi connectivity index (χ0n) is 20.6. The molecule has 7 nitrogen and oxygen atoms in total. The summed E-state index contributed by atoms with van der Waals surface area (Å²) in [6.45, 7) is 3.08. The first kappa shape index (κ1) is 24.8. The van der Waals surface area contributed by atoms with Gasteiger partial charge in [-0.15, -0.1) is 0 Å². The van der Waals surface area contributed by atoms with E-state index in [0.717, 1.165) is 25.7 Å². The molecule has 2 aromatic heterocycles. The van der Waals surface area contributed by atoms with Crippen LogP contribution in [0.25, 0.3) is 11.0 Å². The number of sulfone groups is 1. The molecule has 1 aliphatic heterocycles. The zero-order chi connectivity index (χ0) is 25.8. The molecule has 2 fully saturated rings. The van der Waals surface area contributed by atoms with E-state index in [4.69, 9.17) is 0 Å². The second kappa shape index (κ2) is 8.90. The third-order valence-electron chi connectivity index (χ3n) is 7.88. The standard InChI is InChI=1S/C26H30F2N4O3S/c1-15(27)18-5-4-6-19(22(18)28)16(2)31-23-21-11-20(25(33)32(3)24(21)30-14-29-23)17-7-9-26(10-8-17)12-36(34,35)13-26/h4-6,11,14-17H,7-10,12-13H2,1-3H3,(H,29,30,31)/t15?,16-/m1/s1. The van der Waals surface area contributed by atoms with Crippen LogP contribution in [0.2, 0.25) is 0 Å². The lowest BCUT2D eigenvalue weighted by Gasteiger charge is -2.46. The molecule has 192 valence electrons. The molecule has 0 bridgehead atoms. The Hall–Kier alpha value is -2.88. The van der Waals surface area contributed by atoms with Crippen LogP contribution in [-0.4, -0.2) is 34.5 Å². The number of alkyl halides is 1. The number of nitrogens with one attached hydrogen (secondary N) is 1. The van der Waals surface area contributed by atoms with Gasteiger partial charge in [0.2, 0.25) is 0 Å². The summed E-state index contributed by atoms with van der Waals surface area (Å²) in [5.74, 6) is 0.392.